The van der Waals surface area contributed by atoms with Gasteiger partial charge in [0.2, 0.25) is 10.0 Å². The Balaban J connectivity index is 2.06. The maximum absolute atomic E-state index is 12.3. The highest BCUT2D eigenvalue weighted by atomic mass is 35.5. The van der Waals surface area contributed by atoms with E-state index in [-0.39, 0.29) is 22.5 Å². The molecule has 4 aliphatic rings. The summed E-state index contributed by atoms with van der Waals surface area (Å²) in [5, 5.41) is 0. The summed E-state index contributed by atoms with van der Waals surface area (Å²) in [6.45, 7) is 4.53. The van der Waals surface area contributed by atoms with Crippen LogP contribution in [0.5, 0.6) is 0 Å². The summed E-state index contributed by atoms with van der Waals surface area (Å²) in [5.74, 6) is 0.236. The van der Waals surface area contributed by atoms with Gasteiger partial charge in [-0.2, -0.15) is 0 Å². The maximum atomic E-state index is 12.3. The maximum Gasteiger partial charge on any atom is 0.237 e. The van der Waals surface area contributed by atoms with Gasteiger partial charge in [0.05, 0.1) is 12.4 Å². The van der Waals surface area contributed by atoms with E-state index in [0.717, 1.165) is 17.3 Å². The SMILES string of the molecule is CC1(C)C2CCC13CS(=O)(=O)N1OCC13C2(Cl)Cl. The number of hydrogen-bond acceptors (Lipinski definition) is 3. The van der Waals surface area contributed by atoms with E-state index in [1.165, 1.54) is 0 Å². The number of halogens is 2. The Morgan fingerprint density at radius 1 is 1.33 bits per heavy atom. The zero-order chi connectivity index (χ0) is 13.2. The fourth-order valence-electron chi connectivity index (χ4n) is 5.23. The van der Waals surface area contributed by atoms with Crippen LogP contribution in [-0.2, 0) is 14.9 Å². The summed E-state index contributed by atoms with van der Waals surface area (Å²) in [7, 11) is -3.40. The molecular weight excluding hydrogens is 297 g/mol. The molecule has 2 aliphatic heterocycles. The van der Waals surface area contributed by atoms with E-state index in [0.29, 0.717) is 6.61 Å². The number of rotatable bonds is 0. The molecule has 0 aromatic heterocycles. The summed E-state index contributed by atoms with van der Waals surface area (Å²) in [6, 6.07) is 0. The molecule has 3 atom stereocenters. The lowest BCUT2D eigenvalue weighted by Gasteiger charge is -2.56. The predicted molar refractivity (Wildman–Crippen MR) is 67.7 cm³/mol. The van der Waals surface area contributed by atoms with E-state index in [1.54, 1.807) is 0 Å². The first-order valence-corrected chi connectivity index (χ1v) is 8.54. The lowest BCUT2D eigenvalue weighted by Crippen LogP contribution is -2.73. The van der Waals surface area contributed by atoms with Crippen LogP contribution in [0.3, 0.4) is 0 Å². The summed E-state index contributed by atoms with van der Waals surface area (Å²) in [4.78, 5) is 5.23. The van der Waals surface area contributed by atoms with Gasteiger partial charge in [0.15, 0.2) is 0 Å². The van der Waals surface area contributed by atoms with Gasteiger partial charge in [-0.05, 0) is 24.2 Å². The third kappa shape index (κ3) is 0.814. The van der Waals surface area contributed by atoms with E-state index >= 15 is 0 Å². The van der Waals surface area contributed by atoms with E-state index in [4.69, 9.17) is 28.0 Å². The average molecular weight is 312 g/mol. The number of sulfonamides is 1. The van der Waals surface area contributed by atoms with Gasteiger partial charge in [0.1, 0.15) is 9.87 Å². The van der Waals surface area contributed by atoms with Crippen molar-refractivity contribution >= 4 is 33.2 Å². The van der Waals surface area contributed by atoms with Crippen LogP contribution in [0, 0.1) is 16.7 Å². The third-order valence-corrected chi connectivity index (χ3v) is 9.06. The smallest absolute Gasteiger partial charge is 0.237 e. The molecule has 0 aromatic rings. The van der Waals surface area contributed by atoms with Crippen LogP contribution >= 0.6 is 23.2 Å². The van der Waals surface area contributed by atoms with E-state index in [1.807, 2.05) is 0 Å². The molecule has 4 fully saturated rings. The topological polar surface area (TPSA) is 46.6 Å². The standard InChI is InChI=1S/C11H15Cl2NO3S/c1-8(2)7-3-4-9(8)6-18(15,16)14-10(9,5-17-14)11(7,12)13/h7H,3-6H2,1-2H3. The zero-order valence-corrected chi connectivity index (χ0v) is 12.6. The molecule has 2 bridgehead atoms. The van der Waals surface area contributed by atoms with Crippen molar-refractivity contribution in [3.05, 3.63) is 0 Å². The summed E-state index contributed by atoms with van der Waals surface area (Å²) < 4.78 is 24.6. The van der Waals surface area contributed by atoms with E-state index in [2.05, 4.69) is 13.8 Å². The van der Waals surface area contributed by atoms with Crippen molar-refractivity contribution < 1.29 is 13.3 Å². The molecule has 2 spiro atoms. The normalized spacial score (nSPS) is 53.9. The van der Waals surface area contributed by atoms with Crippen molar-refractivity contribution in [3.8, 4) is 0 Å². The van der Waals surface area contributed by atoms with Crippen LogP contribution in [0.4, 0.5) is 0 Å². The van der Waals surface area contributed by atoms with Gasteiger partial charge < -0.3 is 0 Å². The molecule has 0 radical (unpaired) electrons. The molecule has 3 unspecified atom stereocenters. The molecular formula is C11H15Cl2NO3S. The first-order valence-electron chi connectivity index (χ1n) is 6.17. The molecule has 2 saturated carbocycles. The number of hydrogen-bond donors (Lipinski definition) is 0. The molecule has 0 aromatic carbocycles. The zero-order valence-electron chi connectivity index (χ0n) is 10.2. The molecule has 4 rings (SSSR count). The average Bonchev–Trinajstić information content (AvgIpc) is 2.46. The Hall–Kier alpha value is 0.450. The number of alkyl halides is 2. The minimum atomic E-state index is -3.40. The summed E-state index contributed by atoms with van der Waals surface area (Å²) in [6.07, 6.45) is 1.76. The minimum absolute atomic E-state index is 0.116. The first-order chi connectivity index (χ1) is 8.14. The van der Waals surface area contributed by atoms with Crippen LogP contribution in [0.2, 0.25) is 0 Å². The molecule has 102 valence electrons. The molecule has 0 amide bonds. The molecule has 2 saturated heterocycles. The highest BCUT2D eigenvalue weighted by molar-refractivity contribution is 7.89. The lowest BCUT2D eigenvalue weighted by atomic mass is 9.62. The predicted octanol–water partition coefficient (Wildman–Crippen LogP) is 1.93. The second-order valence-electron chi connectivity index (χ2n) is 6.64. The Morgan fingerprint density at radius 2 is 2.00 bits per heavy atom. The second-order valence-corrected chi connectivity index (χ2v) is 9.81. The number of fused-ring (bicyclic) bond motifs is 1. The van der Waals surface area contributed by atoms with Gasteiger partial charge in [0, 0.05) is 5.41 Å². The number of nitrogens with zero attached hydrogens (tertiary/aromatic N) is 1. The lowest BCUT2D eigenvalue weighted by molar-refractivity contribution is -0.303. The van der Waals surface area contributed by atoms with Crippen LogP contribution in [-0.4, -0.2) is 35.1 Å². The van der Waals surface area contributed by atoms with Gasteiger partial charge in [-0.15, -0.1) is 0 Å². The van der Waals surface area contributed by atoms with Gasteiger partial charge in [-0.1, -0.05) is 41.5 Å². The van der Waals surface area contributed by atoms with E-state index in [9.17, 15) is 8.42 Å². The highest BCUT2D eigenvalue weighted by Crippen LogP contribution is 2.82. The fraction of sp³-hybridized carbons (Fsp3) is 1.00. The highest BCUT2D eigenvalue weighted by Gasteiger charge is 2.91. The van der Waals surface area contributed by atoms with Crippen LogP contribution in [0.25, 0.3) is 0 Å². The quantitative estimate of drug-likeness (QED) is 0.642. The Kier molecular flexibility index (Phi) is 1.86. The largest absolute Gasteiger partial charge is 0.281 e. The summed E-state index contributed by atoms with van der Waals surface area (Å²) >= 11 is 13.3. The van der Waals surface area contributed by atoms with Crippen molar-refractivity contribution in [2.24, 2.45) is 16.7 Å². The Labute approximate surface area is 117 Å². The first kappa shape index (κ1) is 12.2. The van der Waals surface area contributed by atoms with Crippen molar-refractivity contribution in [1.29, 1.82) is 0 Å². The Morgan fingerprint density at radius 3 is 2.50 bits per heavy atom. The monoisotopic (exact) mass is 311 g/mol. The summed E-state index contributed by atoms with van der Waals surface area (Å²) in [5.41, 5.74) is -1.29. The van der Waals surface area contributed by atoms with Crippen molar-refractivity contribution in [1.82, 2.24) is 4.47 Å². The number of hydroxylamine groups is 1. The van der Waals surface area contributed by atoms with Gasteiger partial charge in [-0.25, -0.2) is 8.42 Å². The van der Waals surface area contributed by atoms with Gasteiger partial charge >= 0.3 is 0 Å². The third-order valence-electron chi connectivity index (χ3n) is 6.13. The minimum Gasteiger partial charge on any atom is -0.281 e. The Bertz CT molecular complexity index is 561. The van der Waals surface area contributed by atoms with Gasteiger partial charge in [-0.3, -0.25) is 4.84 Å². The molecule has 4 nitrogen and oxygen atoms in total. The fourth-order valence-corrected chi connectivity index (χ4v) is 9.27. The molecule has 18 heavy (non-hydrogen) atoms. The van der Waals surface area contributed by atoms with Crippen LogP contribution in [0.1, 0.15) is 26.7 Å². The van der Waals surface area contributed by atoms with Crippen molar-refractivity contribution in [2.75, 3.05) is 12.4 Å². The molecule has 2 aliphatic carbocycles. The van der Waals surface area contributed by atoms with Crippen LogP contribution < -0.4 is 0 Å². The molecule has 0 N–H and O–H groups in total. The van der Waals surface area contributed by atoms with Gasteiger partial charge in [0.25, 0.3) is 0 Å². The second kappa shape index (κ2) is 2.75. The van der Waals surface area contributed by atoms with Crippen molar-refractivity contribution in [3.63, 3.8) is 0 Å². The molecule has 7 heteroatoms. The van der Waals surface area contributed by atoms with Crippen LogP contribution in [0.15, 0.2) is 0 Å². The van der Waals surface area contributed by atoms with Crippen molar-refractivity contribution in [2.45, 2.75) is 36.6 Å². The molecule has 2 heterocycles. The van der Waals surface area contributed by atoms with E-state index < -0.39 is 19.9 Å².